The summed E-state index contributed by atoms with van der Waals surface area (Å²) >= 11 is 12.4. The fourth-order valence-electron chi connectivity index (χ4n) is 2.33. The third-order valence-corrected chi connectivity index (χ3v) is 4.21. The molecule has 0 bridgehead atoms. The lowest BCUT2D eigenvalue weighted by atomic mass is 10.0. The van der Waals surface area contributed by atoms with E-state index in [0.29, 0.717) is 23.1 Å². The van der Waals surface area contributed by atoms with Crippen molar-refractivity contribution in [3.05, 3.63) is 33.8 Å². The number of rotatable bonds is 10. The van der Waals surface area contributed by atoms with Crippen LogP contribution >= 0.6 is 23.2 Å². The highest BCUT2D eigenvalue weighted by atomic mass is 35.5. The Bertz CT molecular complexity index is 413. The molecule has 0 aliphatic carbocycles. The van der Waals surface area contributed by atoms with Crippen molar-refractivity contribution >= 4 is 23.2 Å². The molecule has 0 amide bonds. The fraction of sp³-hybridized carbons (Fsp3) is 0.600. The van der Waals surface area contributed by atoms with Crippen molar-refractivity contribution in [3.8, 4) is 0 Å². The molecule has 0 aliphatic heterocycles. The lowest BCUT2D eigenvalue weighted by Crippen LogP contribution is -2.33. The molecule has 1 atom stereocenters. The zero-order valence-electron chi connectivity index (χ0n) is 12.4. The van der Waals surface area contributed by atoms with E-state index in [1.54, 1.807) is 6.07 Å². The highest BCUT2D eigenvalue weighted by molar-refractivity contribution is 6.42. The number of hydrogen-bond acceptors (Lipinski definition) is 4. The fourth-order valence-corrected chi connectivity index (χ4v) is 2.77. The zero-order valence-corrected chi connectivity index (χ0v) is 13.9. The number of nitrogens with zero attached hydrogens (tertiary/aromatic N) is 1. The van der Waals surface area contributed by atoms with Crippen LogP contribution in [0.1, 0.15) is 24.9 Å². The molecule has 0 saturated carbocycles. The number of halogens is 2. The molecule has 0 heterocycles. The monoisotopic (exact) mass is 334 g/mol. The summed E-state index contributed by atoms with van der Waals surface area (Å²) in [5.41, 5.74) is 0.985. The van der Waals surface area contributed by atoms with Gasteiger partial charge in [0, 0.05) is 25.7 Å². The molecular weight excluding hydrogens is 311 g/mol. The minimum absolute atomic E-state index is 0.0871. The molecule has 0 aliphatic rings. The van der Waals surface area contributed by atoms with Crippen molar-refractivity contribution in [2.45, 2.75) is 19.4 Å². The van der Waals surface area contributed by atoms with Gasteiger partial charge in [0.25, 0.3) is 0 Å². The van der Waals surface area contributed by atoms with Gasteiger partial charge in [-0.15, -0.1) is 0 Å². The predicted molar refractivity (Wildman–Crippen MR) is 88.1 cm³/mol. The Balaban J connectivity index is 2.75. The molecule has 6 heteroatoms. The Hall–Kier alpha value is -0.360. The van der Waals surface area contributed by atoms with Crippen LogP contribution in [0.25, 0.3) is 0 Å². The summed E-state index contributed by atoms with van der Waals surface area (Å²) in [5, 5.41) is 22.7. The molecule has 1 unspecified atom stereocenters. The lowest BCUT2D eigenvalue weighted by molar-refractivity contribution is 0.156. The summed E-state index contributed by atoms with van der Waals surface area (Å²) in [7, 11) is 0. The second-order valence-corrected chi connectivity index (χ2v) is 5.62. The highest BCUT2D eigenvalue weighted by Gasteiger charge is 2.16. The topological polar surface area (TPSA) is 55.7 Å². The van der Waals surface area contributed by atoms with Crippen LogP contribution < -0.4 is 5.32 Å². The van der Waals surface area contributed by atoms with Crippen LogP contribution in [0.15, 0.2) is 18.2 Å². The minimum atomic E-state index is 0.0871. The molecule has 4 nitrogen and oxygen atoms in total. The van der Waals surface area contributed by atoms with Gasteiger partial charge in [0.1, 0.15) is 0 Å². The highest BCUT2D eigenvalue weighted by Crippen LogP contribution is 2.31. The lowest BCUT2D eigenvalue weighted by Gasteiger charge is -2.25. The molecule has 0 fully saturated rings. The van der Waals surface area contributed by atoms with Crippen molar-refractivity contribution in [3.63, 3.8) is 0 Å². The van der Waals surface area contributed by atoms with Gasteiger partial charge in [-0.2, -0.15) is 0 Å². The van der Waals surface area contributed by atoms with Crippen LogP contribution in [0.4, 0.5) is 0 Å². The first kappa shape index (κ1) is 18.7. The van der Waals surface area contributed by atoms with Crippen LogP contribution in [0.5, 0.6) is 0 Å². The molecule has 21 heavy (non-hydrogen) atoms. The minimum Gasteiger partial charge on any atom is -0.395 e. The largest absolute Gasteiger partial charge is 0.395 e. The van der Waals surface area contributed by atoms with E-state index in [2.05, 4.69) is 5.32 Å². The van der Waals surface area contributed by atoms with Gasteiger partial charge in [-0.3, -0.25) is 4.90 Å². The average molecular weight is 335 g/mol. The zero-order chi connectivity index (χ0) is 15.7. The summed E-state index contributed by atoms with van der Waals surface area (Å²) < 4.78 is 0. The summed E-state index contributed by atoms with van der Waals surface area (Å²) in [6.45, 7) is 4.93. The summed E-state index contributed by atoms with van der Waals surface area (Å²) in [4.78, 5) is 2.03. The van der Waals surface area contributed by atoms with E-state index >= 15 is 0 Å². The van der Waals surface area contributed by atoms with Crippen LogP contribution in [-0.2, 0) is 0 Å². The van der Waals surface area contributed by atoms with Crippen molar-refractivity contribution in [2.24, 2.45) is 0 Å². The Labute approximate surface area is 136 Å². The molecule has 1 aromatic rings. The van der Waals surface area contributed by atoms with E-state index in [-0.39, 0.29) is 19.3 Å². The van der Waals surface area contributed by atoms with Gasteiger partial charge >= 0.3 is 0 Å². The molecular formula is C15H24Cl2N2O2. The van der Waals surface area contributed by atoms with Crippen LogP contribution in [0.2, 0.25) is 10.0 Å². The van der Waals surface area contributed by atoms with Crippen molar-refractivity contribution < 1.29 is 10.2 Å². The summed E-state index contributed by atoms with van der Waals surface area (Å²) in [6.07, 6.45) is 0.827. The van der Waals surface area contributed by atoms with Crippen molar-refractivity contribution in [1.82, 2.24) is 10.2 Å². The third kappa shape index (κ3) is 6.10. The second kappa shape index (κ2) is 10.4. The SMILES string of the molecule is CCNC(CCN(CCO)CCO)c1cccc(Cl)c1Cl. The van der Waals surface area contributed by atoms with E-state index in [9.17, 15) is 0 Å². The van der Waals surface area contributed by atoms with Gasteiger partial charge in [-0.05, 0) is 24.6 Å². The van der Waals surface area contributed by atoms with Crippen LogP contribution in [0, 0.1) is 0 Å². The maximum atomic E-state index is 9.05. The summed E-state index contributed by atoms with van der Waals surface area (Å²) in [5.74, 6) is 0. The normalized spacial score (nSPS) is 12.9. The third-order valence-electron chi connectivity index (χ3n) is 3.37. The predicted octanol–water partition coefficient (Wildman–Crippen LogP) is 2.32. The molecule has 0 saturated heterocycles. The van der Waals surface area contributed by atoms with Crippen LogP contribution in [-0.4, -0.2) is 54.5 Å². The first-order valence-corrected chi connectivity index (χ1v) is 8.01. The van der Waals surface area contributed by atoms with Gasteiger partial charge in [-0.1, -0.05) is 42.3 Å². The molecule has 0 radical (unpaired) electrons. The van der Waals surface area contributed by atoms with Crippen LogP contribution in [0.3, 0.4) is 0 Å². The molecule has 0 aromatic heterocycles. The maximum Gasteiger partial charge on any atom is 0.0640 e. The van der Waals surface area contributed by atoms with Crippen molar-refractivity contribution in [2.75, 3.05) is 39.4 Å². The van der Waals surface area contributed by atoms with Gasteiger partial charge in [-0.25, -0.2) is 0 Å². The Morgan fingerprint density at radius 2 is 1.81 bits per heavy atom. The number of aliphatic hydroxyl groups excluding tert-OH is 2. The number of benzene rings is 1. The van der Waals surface area contributed by atoms with Gasteiger partial charge < -0.3 is 15.5 Å². The Kier molecular flexibility index (Phi) is 9.24. The quantitative estimate of drug-likeness (QED) is 0.614. The Morgan fingerprint density at radius 3 is 2.38 bits per heavy atom. The molecule has 1 aromatic carbocycles. The number of hydrogen-bond donors (Lipinski definition) is 3. The summed E-state index contributed by atoms with van der Waals surface area (Å²) in [6, 6.07) is 5.75. The first-order valence-electron chi connectivity index (χ1n) is 7.25. The number of nitrogens with one attached hydrogen (secondary N) is 1. The van der Waals surface area contributed by atoms with Gasteiger partial charge in [0.2, 0.25) is 0 Å². The average Bonchev–Trinajstić information content (AvgIpc) is 2.47. The molecule has 1 rings (SSSR count). The van der Waals surface area contributed by atoms with E-state index in [1.807, 2.05) is 24.0 Å². The Morgan fingerprint density at radius 1 is 1.14 bits per heavy atom. The van der Waals surface area contributed by atoms with E-state index < -0.39 is 0 Å². The maximum absolute atomic E-state index is 9.05. The number of aliphatic hydroxyl groups is 2. The van der Waals surface area contributed by atoms with E-state index in [0.717, 1.165) is 25.1 Å². The van der Waals surface area contributed by atoms with Crippen molar-refractivity contribution in [1.29, 1.82) is 0 Å². The van der Waals surface area contributed by atoms with Gasteiger partial charge in [0.15, 0.2) is 0 Å². The second-order valence-electron chi connectivity index (χ2n) is 4.83. The standard InChI is InChI=1S/C15H24Cl2N2O2/c1-2-18-14(6-7-19(8-10-20)9-11-21)12-4-3-5-13(16)15(12)17/h3-5,14,18,20-21H,2,6-11H2,1H3. The van der Waals surface area contributed by atoms with Gasteiger partial charge in [0.05, 0.1) is 23.3 Å². The first-order chi connectivity index (χ1) is 10.1. The van der Waals surface area contributed by atoms with E-state index in [1.165, 1.54) is 0 Å². The smallest absolute Gasteiger partial charge is 0.0640 e. The molecule has 0 spiro atoms. The van der Waals surface area contributed by atoms with E-state index in [4.69, 9.17) is 33.4 Å². The molecule has 3 N–H and O–H groups in total. The molecule has 120 valence electrons.